The van der Waals surface area contributed by atoms with Crippen LogP contribution in [0.25, 0.3) is 0 Å². The van der Waals surface area contributed by atoms with Crippen LogP contribution in [0.5, 0.6) is 5.75 Å². The van der Waals surface area contributed by atoms with Gasteiger partial charge in [-0.3, -0.25) is 14.5 Å². The quantitative estimate of drug-likeness (QED) is 0.647. The molecule has 1 aromatic carbocycles. The number of ether oxygens (including phenoxy) is 1. The number of primary amides is 1. The van der Waals surface area contributed by atoms with Crippen LogP contribution in [0.4, 0.5) is 5.69 Å². The highest BCUT2D eigenvalue weighted by Crippen LogP contribution is 2.74. The molecule has 31 heavy (non-hydrogen) atoms. The van der Waals surface area contributed by atoms with E-state index in [-0.39, 0.29) is 0 Å². The van der Waals surface area contributed by atoms with Gasteiger partial charge in [-0.25, -0.2) is 0 Å². The molecule has 0 aliphatic heterocycles. The number of rotatable bonds is 7. The molecule has 4 aliphatic carbocycles. The van der Waals surface area contributed by atoms with Crippen LogP contribution in [-0.4, -0.2) is 24.5 Å². The number of fused-ring (bicyclic) bond motifs is 1. The van der Waals surface area contributed by atoms with E-state index in [1.165, 1.54) is 37.0 Å². The van der Waals surface area contributed by atoms with Gasteiger partial charge in [0.1, 0.15) is 11.8 Å². The molecule has 2 N–H and O–H groups in total. The van der Waals surface area contributed by atoms with Crippen LogP contribution in [0.15, 0.2) is 18.2 Å². The highest BCUT2D eigenvalue weighted by Gasteiger charge is 2.67. The van der Waals surface area contributed by atoms with Gasteiger partial charge in [0.2, 0.25) is 5.91 Å². The molecule has 2 amide bonds. The highest BCUT2D eigenvalue weighted by atomic mass is 35.5. The zero-order valence-electron chi connectivity index (χ0n) is 17.9. The van der Waals surface area contributed by atoms with Crippen molar-refractivity contribution in [1.82, 2.24) is 0 Å². The highest BCUT2D eigenvalue weighted by molar-refractivity contribution is 6.32. The first-order valence-corrected chi connectivity index (χ1v) is 11.6. The molecule has 5 unspecified atom stereocenters. The SMILES string of the molecule is C#CC(=O)N(c1ccc(OCC2CC2)c(Cl)c1)C(C(N)=O)C1(C)CC2CC3CC3(C2)C1. The van der Waals surface area contributed by atoms with Gasteiger partial charge in [-0.05, 0) is 97.6 Å². The summed E-state index contributed by atoms with van der Waals surface area (Å²) < 4.78 is 5.81. The van der Waals surface area contributed by atoms with E-state index < -0.39 is 23.3 Å². The number of nitrogens with two attached hydrogens (primary N) is 1. The largest absolute Gasteiger partial charge is 0.492 e. The maximum absolute atomic E-state index is 12.9. The van der Waals surface area contributed by atoms with Crippen LogP contribution in [-0.2, 0) is 9.59 Å². The fraction of sp³-hybridized carbons (Fsp3) is 0.600. The minimum atomic E-state index is -0.815. The third kappa shape index (κ3) is 3.59. The van der Waals surface area contributed by atoms with E-state index in [1.807, 2.05) is 0 Å². The minimum Gasteiger partial charge on any atom is -0.492 e. The molecule has 164 valence electrons. The van der Waals surface area contributed by atoms with E-state index in [0.717, 1.165) is 18.8 Å². The van der Waals surface area contributed by atoms with E-state index in [1.54, 1.807) is 18.2 Å². The molecule has 0 heterocycles. The average Bonchev–Trinajstić information content (AvgIpc) is 3.61. The lowest BCUT2D eigenvalue weighted by Gasteiger charge is -2.47. The normalized spacial score (nSPS) is 33.7. The topological polar surface area (TPSA) is 72.6 Å². The zero-order valence-corrected chi connectivity index (χ0v) is 18.7. The lowest BCUT2D eigenvalue weighted by molar-refractivity contribution is -0.126. The average molecular weight is 441 g/mol. The second-order valence-electron chi connectivity index (χ2n) is 10.6. The number of hydrogen-bond donors (Lipinski definition) is 1. The van der Waals surface area contributed by atoms with Crippen LogP contribution in [0.2, 0.25) is 5.02 Å². The predicted octanol–water partition coefficient (Wildman–Crippen LogP) is 4.17. The Bertz CT molecular complexity index is 983. The van der Waals surface area contributed by atoms with Crippen molar-refractivity contribution in [1.29, 1.82) is 0 Å². The molecule has 0 aromatic heterocycles. The van der Waals surface area contributed by atoms with Crippen molar-refractivity contribution in [3.63, 3.8) is 0 Å². The summed E-state index contributed by atoms with van der Waals surface area (Å²) in [5.74, 6) is 3.63. The Balaban J connectivity index is 1.48. The summed E-state index contributed by atoms with van der Waals surface area (Å²) in [5, 5.41) is 0.394. The summed E-state index contributed by atoms with van der Waals surface area (Å²) in [5.41, 5.74) is 6.35. The van der Waals surface area contributed by atoms with Crippen LogP contribution < -0.4 is 15.4 Å². The molecule has 1 spiro atoms. The fourth-order valence-corrected chi connectivity index (χ4v) is 6.98. The van der Waals surface area contributed by atoms with Gasteiger partial charge in [-0.1, -0.05) is 18.5 Å². The van der Waals surface area contributed by atoms with E-state index in [2.05, 4.69) is 12.8 Å². The molecule has 5 atom stereocenters. The number of nitrogens with zero attached hydrogens (tertiary/aromatic N) is 1. The van der Waals surface area contributed by atoms with E-state index in [4.69, 9.17) is 28.5 Å². The zero-order chi connectivity index (χ0) is 22.0. The van der Waals surface area contributed by atoms with E-state index in [0.29, 0.717) is 40.3 Å². The molecular formula is C25H29ClN2O3. The van der Waals surface area contributed by atoms with Gasteiger partial charge >= 0.3 is 5.91 Å². The van der Waals surface area contributed by atoms with Crippen LogP contribution in [0, 0.1) is 40.9 Å². The van der Waals surface area contributed by atoms with Gasteiger partial charge in [0.15, 0.2) is 0 Å². The van der Waals surface area contributed by atoms with Gasteiger partial charge in [-0.15, -0.1) is 6.42 Å². The first kappa shape index (κ1) is 20.7. The monoisotopic (exact) mass is 440 g/mol. The Kier molecular flexibility index (Phi) is 4.79. The second-order valence-corrected chi connectivity index (χ2v) is 11.0. The van der Waals surface area contributed by atoms with Gasteiger partial charge < -0.3 is 10.5 Å². The summed E-state index contributed by atoms with van der Waals surface area (Å²) >= 11 is 6.48. The molecule has 0 saturated heterocycles. The fourth-order valence-electron chi connectivity index (χ4n) is 6.75. The number of hydrogen-bond acceptors (Lipinski definition) is 3. The standard InChI is InChI=1S/C25H29ClN2O3/c1-3-21(29)28(18-6-7-20(19(26)9-18)31-13-15-4-5-15)22(23(27)30)24(2)10-16-8-17-12-25(17,11-16)14-24/h1,6-7,9,15-17,22H,4-5,8,10-14H2,2H3,(H2,27,30). The van der Waals surface area contributed by atoms with E-state index in [9.17, 15) is 9.59 Å². The summed E-state index contributed by atoms with van der Waals surface area (Å²) in [7, 11) is 0. The number of carbonyl (C=O) groups is 2. The van der Waals surface area contributed by atoms with Crippen molar-refractivity contribution in [3.8, 4) is 18.1 Å². The molecule has 5 rings (SSSR count). The van der Waals surface area contributed by atoms with Crippen molar-refractivity contribution >= 4 is 29.1 Å². The Morgan fingerprint density at radius 1 is 1.35 bits per heavy atom. The molecule has 1 aromatic rings. The molecule has 4 saturated carbocycles. The molecular weight excluding hydrogens is 412 g/mol. The van der Waals surface area contributed by atoms with Crippen LogP contribution in [0.1, 0.15) is 51.9 Å². The third-order valence-corrected chi connectivity index (χ3v) is 8.37. The summed E-state index contributed by atoms with van der Waals surface area (Å²) in [6, 6.07) is 4.34. The van der Waals surface area contributed by atoms with Gasteiger partial charge in [-0.2, -0.15) is 0 Å². The van der Waals surface area contributed by atoms with Crippen molar-refractivity contribution < 1.29 is 14.3 Å². The predicted molar refractivity (Wildman–Crippen MR) is 120 cm³/mol. The molecule has 6 heteroatoms. The molecule has 4 aliphatic rings. The summed E-state index contributed by atoms with van der Waals surface area (Å²) in [4.78, 5) is 27.2. The Labute approximate surface area is 188 Å². The van der Waals surface area contributed by atoms with E-state index >= 15 is 0 Å². The molecule has 5 nitrogen and oxygen atoms in total. The lowest BCUT2D eigenvalue weighted by Crippen LogP contribution is -2.58. The molecule has 2 bridgehead atoms. The van der Waals surface area contributed by atoms with Crippen LogP contribution in [0.3, 0.4) is 0 Å². The first-order valence-electron chi connectivity index (χ1n) is 11.3. The maximum atomic E-state index is 12.9. The van der Waals surface area contributed by atoms with Crippen molar-refractivity contribution in [2.24, 2.45) is 34.3 Å². The minimum absolute atomic E-state index is 0.328. The number of anilines is 1. The molecule has 4 fully saturated rings. The van der Waals surface area contributed by atoms with Gasteiger partial charge in [0.05, 0.1) is 11.6 Å². The Morgan fingerprint density at radius 3 is 2.74 bits per heavy atom. The number of benzene rings is 1. The Morgan fingerprint density at radius 2 is 2.13 bits per heavy atom. The summed E-state index contributed by atoms with van der Waals surface area (Å²) in [6.07, 6.45) is 13.4. The molecule has 0 radical (unpaired) electrons. The number of halogens is 1. The summed E-state index contributed by atoms with van der Waals surface area (Å²) in [6.45, 7) is 2.74. The third-order valence-electron chi connectivity index (χ3n) is 8.08. The van der Waals surface area contributed by atoms with Gasteiger partial charge in [0, 0.05) is 5.69 Å². The van der Waals surface area contributed by atoms with Crippen molar-refractivity contribution in [2.45, 2.75) is 57.9 Å². The smallest absolute Gasteiger partial charge is 0.303 e. The number of carbonyl (C=O) groups excluding carboxylic acids is 2. The Hall–Kier alpha value is -2.19. The number of amides is 2. The lowest BCUT2D eigenvalue weighted by atomic mass is 9.63. The van der Waals surface area contributed by atoms with Gasteiger partial charge in [0.25, 0.3) is 0 Å². The maximum Gasteiger partial charge on any atom is 0.303 e. The van der Waals surface area contributed by atoms with Crippen molar-refractivity contribution in [2.75, 3.05) is 11.5 Å². The first-order chi connectivity index (χ1) is 14.7. The van der Waals surface area contributed by atoms with Crippen molar-refractivity contribution in [3.05, 3.63) is 23.2 Å². The van der Waals surface area contributed by atoms with Crippen LogP contribution >= 0.6 is 11.6 Å². The number of terminal acetylenes is 1. The second kappa shape index (κ2) is 7.17.